The lowest BCUT2D eigenvalue weighted by Gasteiger charge is -2.17. The molecule has 2 atom stereocenters. The number of aromatic nitrogens is 2. The molecule has 2 aromatic rings. The number of aliphatic hydroxyl groups is 1. The quantitative estimate of drug-likeness (QED) is 0.895. The molecule has 1 N–H and O–H groups in total. The van der Waals surface area contributed by atoms with Gasteiger partial charge in [0, 0.05) is 19.3 Å². The molecule has 4 heteroatoms. The standard InChI is InChI=1S/C15H19N3O/c19-10-13-15(16-14-6-1-2-7-18(13)14)17-8-11-4-3-5-12(11)9-17/h1-2,6-7,11-12,19H,3-5,8-10H2. The molecule has 4 nitrogen and oxygen atoms in total. The Labute approximate surface area is 112 Å². The lowest BCUT2D eigenvalue weighted by molar-refractivity contribution is 0.276. The zero-order valence-corrected chi connectivity index (χ0v) is 11.0. The van der Waals surface area contributed by atoms with E-state index < -0.39 is 0 Å². The summed E-state index contributed by atoms with van der Waals surface area (Å²) in [5.41, 5.74) is 1.86. The molecule has 2 unspecified atom stereocenters. The van der Waals surface area contributed by atoms with E-state index in [-0.39, 0.29) is 6.61 Å². The van der Waals surface area contributed by atoms with Crippen LogP contribution in [0.4, 0.5) is 5.82 Å². The summed E-state index contributed by atoms with van der Waals surface area (Å²) in [5.74, 6) is 2.68. The van der Waals surface area contributed by atoms with Crippen molar-refractivity contribution in [1.29, 1.82) is 0 Å². The van der Waals surface area contributed by atoms with Crippen molar-refractivity contribution in [3.05, 3.63) is 30.1 Å². The van der Waals surface area contributed by atoms with E-state index in [4.69, 9.17) is 4.98 Å². The minimum absolute atomic E-state index is 0.0480. The van der Waals surface area contributed by atoms with Crippen LogP contribution in [0.3, 0.4) is 0 Å². The van der Waals surface area contributed by atoms with Crippen LogP contribution >= 0.6 is 0 Å². The van der Waals surface area contributed by atoms with Crippen LogP contribution in [-0.4, -0.2) is 27.6 Å². The van der Waals surface area contributed by atoms with Gasteiger partial charge in [-0.05, 0) is 36.8 Å². The molecule has 1 saturated carbocycles. The Bertz CT molecular complexity index is 594. The van der Waals surface area contributed by atoms with Crippen LogP contribution in [0.2, 0.25) is 0 Å². The molecule has 0 aromatic carbocycles. The summed E-state index contributed by atoms with van der Waals surface area (Å²) in [6.07, 6.45) is 6.10. The summed E-state index contributed by atoms with van der Waals surface area (Å²) in [6, 6.07) is 5.97. The van der Waals surface area contributed by atoms with Crippen molar-refractivity contribution in [1.82, 2.24) is 9.38 Å². The molecule has 1 saturated heterocycles. The number of pyridine rings is 1. The maximum atomic E-state index is 9.68. The molecule has 0 spiro atoms. The molecule has 3 heterocycles. The second-order valence-corrected chi connectivity index (χ2v) is 5.83. The first-order valence-electron chi connectivity index (χ1n) is 7.18. The highest BCUT2D eigenvalue weighted by atomic mass is 16.3. The molecular formula is C15H19N3O. The number of hydrogen-bond donors (Lipinski definition) is 1. The second kappa shape index (κ2) is 4.23. The van der Waals surface area contributed by atoms with Gasteiger partial charge in [-0.15, -0.1) is 0 Å². The summed E-state index contributed by atoms with van der Waals surface area (Å²) < 4.78 is 2.00. The van der Waals surface area contributed by atoms with E-state index in [9.17, 15) is 5.11 Å². The van der Waals surface area contributed by atoms with Gasteiger partial charge in [-0.2, -0.15) is 0 Å². The van der Waals surface area contributed by atoms with Crippen molar-refractivity contribution in [2.24, 2.45) is 11.8 Å². The number of rotatable bonds is 2. The Hall–Kier alpha value is -1.55. The van der Waals surface area contributed by atoms with Crippen molar-refractivity contribution < 1.29 is 5.11 Å². The largest absolute Gasteiger partial charge is 0.390 e. The summed E-state index contributed by atoms with van der Waals surface area (Å²) in [5, 5.41) is 9.68. The minimum Gasteiger partial charge on any atom is -0.390 e. The average molecular weight is 257 g/mol. The fourth-order valence-corrected chi connectivity index (χ4v) is 3.84. The lowest BCUT2D eigenvalue weighted by atomic mass is 10.0. The maximum absolute atomic E-state index is 9.68. The number of fused-ring (bicyclic) bond motifs is 2. The number of imidazole rings is 1. The molecule has 0 bridgehead atoms. The Morgan fingerprint density at radius 2 is 2.00 bits per heavy atom. The van der Waals surface area contributed by atoms with Gasteiger partial charge in [0.2, 0.25) is 0 Å². The third kappa shape index (κ3) is 1.66. The predicted molar refractivity (Wildman–Crippen MR) is 74.2 cm³/mol. The number of anilines is 1. The van der Waals surface area contributed by atoms with E-state index in [0.29, 0.717) is 0 Å². The van der Waals surface area contributed by atoms with Crippen LogP contribution in [0.25, 0.3) is 5.65 Å². The van der Waals surface area contributed by atoms with Crippen molar-refractivity contribution >= 4 is 11.5 Å². The summed E-state index contributed by atoms with van der Waals surface area (Å²) in [7, 11) is 0. The molecule has 4 rings (SSSR count). The normalized spacial score (nSPS) is 26.3. The van der Waals surface area contributed by atoms with E-state index >= 15 is 0 Å². The van der Waals surface area contributed by atoms with Gasteiger partial charge in [-0.1, -0.05) is 12.5 Å². The first-order chi connectivity index (χ1) is 9.36. The smallest absolute Gasteiger partial charge is 0.153 e. The van der Waals surface area contributed by atoms with Crippen molar-refractivity contribution in [3.8, 4) is 0 Å². The highest BCUT2D eigenvalue weighted by Gasteiger charge is 2.37. The van der Waals surface area contributed by atoms with E-state index in [1.54, 1.807) is 0 Å². The number of nitrogens with zero attached hydrogens (tertiary/aromatic N) is 3. The van der Waals surface area contributed by atoms with Crippen LogP contribution in [-0.2, 0) is 6.61 Å². The van der Waals surface area contributed by atoms with E-state index in [1.807, 2.05) is 28.8 Å². The molecule has 1 aliphatic carbocycles. The van der Waals surface area contributed by atoms with Crippen LogP contribution in [0.1, 0.15) is 25.0 Å². The molecule has 19 heavy (non-hydrogen) atoms. The highest BCUT2D eigenvalue weighted by Crippen LogP contribution is 2.40. The molecule has 2 fully saturated rings. The van der Waals surface area contributed by atoms with Crippen molar-refractivity contribution in [3.63, 3.8) is 0 Å². The van der Waals surface area contributed by atoms with Crippen molar-refractivity contribution in [2.75, 3.05) is 18.0 Å². The van der Waals surface area contributed by atoms with Gasteiger partial charge < -0.3 is 10.0 Å². The second-order valence-electron chi connectivity index (χ2n) is 5.83. The molecular weight excluding hydrogens is 238 g/mol. The zero-order chi connectivity index (χ0) is 12.8. The van der Waals surface area contributed by atoms with Crippen LogP contribution in [0.15, 0.2) is 24.4 Å². The van der Waals surface area contributed by atoms with Crippen molar-refractivity contribution in [2.45, 2.75) is 25.9 Å². The Kier molecular flexibility index (Phi) is 2.52. The van der Waals surface area contributed by atoms with Gasteiger partial charge >= 0.3 is 0 Å². The van der Waals surface area contributed by atoms with Gasteiger partial charge in [0.05, 0.1) is 12.3 Å². The molecule has 100 valence electrons. The highest BCUT2D eigenvalue weighted by molar-refractivity contribution is 5.56. The van der Waals surface area contributed by atoms with E-state index in [2.05, 4.69) is 4.90 Å². The third-order valence-electron chi connectivity index (χ3n) is 4.78. The SMILES string of the molecule is OCc1c(N2CC3CCCC3C2)nc2ccccn12. The van der Waals surface area contributed by atoms with Crippen LogP contribution in [0.5, 0.6) is 0 Å². The molecule has 1 aliphatic heterocycles. The average Bonchev–Trinajstić information content (AvgIpc) is 3.09. The first-order valence-corrected chi connectivity index (χ1v) is 7.18. The molecule has 2 aliphatic rings. The van der Waals surface area contributed by atoms with Gasteiger partial charge in [0.25, 0.3) is 0 Å². The Morgan fingerprint density at radius 3 is 2.74 bits per heavy atom. The zero-order valence-electron chi connectivity index (χ0n) is 11.0. The van der Waals surface area contributed by atoms with E-state index in [0.717, 1.165) is 42.1 Å². The predicted octanol–water partition coefficient (Wildman–Crippen LogP) is 2.06. The van der Waals surface area contributed by atoms with Crippen LogP contribution in [0, 0.1) is 11.8 Å². The fourth-order valence-electron chi connectivity index (χ4n) is 3.84. The van der Waals surface area contributed by atoms with Crippen LogP contribution < -0.4 is 4.90 Å². The third-order valence-corrected chi connectivity index (χ3v) is 4.78. The topological polar surface area (TPSA) is 40.8 Å². The van der Waals surface area contributed by atoms with Gasteiger partial charge in [0.15, 0.2) is 5.82 Å². The number of aliphatic hydroxyl groups excluding tert-OH is 1. The summed E-state index contributed by atoms with van der Waals surface area (Å²) in [4.78, 5) is 7.10. The monoisotopic (exact) mass is 257 g/mol. The Balaban J connectivity index is 1.75. The molecule has 2 aromatic heterocycles. The Morgan fingerprint density at radius 1 is 1.21 bits per heavy atom. The first kappa shape index (κ1) is 11.3. The van der Waals surface area contributed by atoms with E-state index in [1.165, 1.54) is 19.3 Å². The van der Waals surface area contributed by atoms with Gasteiger partial charge in [-0.25, -0.2) is 4.98 Å². The fraction of sp³-hybridized carbons (Fsp3) is 0.533. The van der Waals surface area contributed by atoms with Gasteiger partial charge in [0.1, 0.15) is 5.65 Å². The molecule has 0 amide bonds. The minimum atomic E-state index is 0.0480. The molecule has 0 radical (unpaired) electrons. The lowest BCUT2D eigenvalue weighted by Crippen LogP contribution is -2.22. The maximum Gasteiger partial charge on any atom is 0.153 e. The van der Waals surface area contributed by atoms with Gasteiger partial charge in [-0.3, -0.25) is 4.40 Å². The number of hydrogen-bond acceptors (Lipinski definition) is 3. The summed E-state index contributed by atoms with van der Waals surface area (Å²) in [6.45, 7) is 2.27. The summed E-state index contributed by atoms with van der Waals surface area (Å²) >= 11 is 0.